The van der Waals surface area contributed by atoms with Gasteiger partial charge < -0.3 is 9.30 Å². The number of nitrogens with zero attached hydrogens (tertiary/aromatic N) is 2. The van der Waals surface area contributed by atoms with E-state index in [4.69, 9.17) is 16.3 Å². The molecule has 0 unspecified atom stereocenters. The first-order valence-electron chi connectivity index (χ1n) is 8.36. The van der Waals surface area contributed by atoms with Crippen molar-refractivity contribution in [1.82, 2.24) is 4.57 Å². The van der Waals surface area contributed by atoms with Crippen molar-refractivity contribution in [1.29, 1.82) is 0 Å². The van der Waals surface area contributed by atoms with Crippen molar-refractivity contribution in [2.75, 3.05) is 13.2 Å². The molecule has 1 amide bonds. The van der Waals surface area contributed by atoms with Gasteiger partial charge in [-0.1, -0.05) is 59.3 Å². The molecule has 0 saturated heterocycles. The van der Waals surface area contributed by atoms with Crippen LogP contribution < -0.4 is 4.80 Å². The van der Waals surface area contributed by atoms with E-state index in [1.165, 1.54) is 17.4 Å². The van der Waals surface area contributed by atoms with Crippen LogP contribution in [0.25, 0.3) is 16.3 Å². The first-order chi connectivity index (χ1) is 12.7. The molecular formula is C20H19ClN2O2S. The van der Waals surface area contributed by atoms with Gasteiger partial charge in [-0.25, -0.2) is 0 Å². The first-order valence-corrected chi connectivity index (χ1v) is 9.56. The van der Waals surface area contributed by atoms with Crippen molar-refractivity contribution < 1.29 is 9.53 Å². The second kappa shape index (κ2) is 8.94. The van der Waals surface area contributed by atoms with Crippen LogP contribution in [0.4, 0.5) is 0 Å². The summed E-state index contributed by atoms with van der Waals surface area (Å²) < 4.78 is 8.40. The van der Waals surface area contributed by atoms with Crippen LogP contribution in [-0.2, 0) is 16.1 Å². The fourth-order valence-corrected chi connectivity index (χ4v) is 3.96. The summed E-state index contributed by atoms with van der Waals surface area (Å²) in [5.41, 5.74) is 1.84. The number of carbonyl (C=O) groups is 1. The van der Waals surface area contributed by atoms with E-state index < -0.39 is 0 Å². The number of amides is 1. The van der Waals surface area contributed by atoms with Crippen molar-refractivity contribution in [3.05, 3.63) is 70.0 Å². The Balaban J connectivity index is 1.96. The number of halogens is 1. The normalized spacial score (nSPS) is 12.3. The molecule has 6 heteroatoms. The van der Waals surface area contributed by atoms with Gasteiger partial charge in [-0.15, -0.1) is 0 Å². The molecule has 0 aliphatic rings. The number of aromatic nitrogens is 1. The summed E-state index contributed by atoms with van der Waals surface area (Å²) in [5, 5.41) is 0.643. The van der Waals surface area contributed by atoms with Crippen LogP contribution in [0.1, 0.15) is 12.5 Å². The van der Waals surface area contributed by atoms with Gasteiger partial charge in [-0.2, -0.15) is 4.99 Å². The lowest BCUT2D eigenvalue weighted by Gasteiger charge is -2.06. The predicted octanol–water partition coefficient (Wildman–Crippen LogP) is 4.53. The Kier molecular flexibility index (Phi) is 6.39. The molecule has 1 aromatic heterocycles. The van der Waals surface area contributed by atoms with Gasteiger partial charge in [0.05, 0.1) is 21.8 Å². The number of fused-ring (bicyclic) bond motifs is 1. The predicted molar refractivity (Wildman–Crippen MR) is 107 cm³/mol. The number of para-hydroxylation sites is 1. The molecule has 3 aromatic rings. The van der Waals surface area contributed by atoms with Gasteiger partial charge in [0.2, 0.25) is 0 Å². The molecular weight excluding hydrogens is 368 g/mol. The Bertz CT molecular complexity index is 990. The summed E-state index contributed by atoms with van der Waals surface area (Å²) in [6.07, 6.45) is 3.24. The Morgan fingerprint density at radius 2 is 2.04 bits per heavy atom. The highest BCUT2D eigenvalue weighted by atomic mass is 35.5. The molecule has 134 valence electrons. The van der Waals surface area contributed by atoms with Crippen molar-refractivity contribution in [3.63, 3.8) is 0 Å². The highest BCUT2D eigenvalue weighted by Crippen LogP contribution is 2.25. The third-order valence-electron chi connectivity index (χ3n) is 3.74. The molecule has 0 N–H and O–H groups in total. The number of carbonyl (C=O) groups excluding carboxylic acids is 1. The minimum absolute atomic E-state index is 0.304. The summed E-state index contributed by atoms with van der Waals surface area (Å²) in [7, 11) is 0. The van der Waals surface area contributed by atoms with Crippen molar-refractivity contribution in [2.45, 2.75) is 13.5 Å². The molecule has 0 spiro atoms. The second-order valence-corrected chi connectivity index (χ2v) is 6.93. The Morgan fingerprint density at radius 1 is 1.23 bits per heavy atom. The molecule has 0 saturated carbocycles. The highest BCUT2D eigenvalue weighted by Gasteiger charge is 2.10. The van der Waals surface area contributed by atoms with Crippen LogP contribution in [-0.4, -0.2) is 23.7 Å². The molecule has 4 nitrogen and oxygen atoms in total. The average Bonchev–Trinajstić information content (AvgIpc) is 3.00. The van der Waals surface area contributed by atoms with Gasteiger partial charge in [0.1, 0.15) is 0 Å². The number of rotatable bonds is 6. The summed E-state index contributed by atoms with van der Waals surface area (Å²) >= 11 is 7.82. The van der Waals surface area contributed by atoms with E-state index in [0.29, 0.717) is 29.6 Å². The van der Waals surface area contributed by atoms with Gasteiger partial charge >= 0.3 is 0 Å². The van der Waals surface area contributed by atoms with E-state index >= 15 is 0 Å². The van der Waals surface area contributed by atoms with E-state index in [0.717, 1.165) is 15.8 Å². The highest BCUT2D eigenvalue weighted by molar-refractivity contribution is 7.16. The summed E-state index contributed by atoms with van der Waals surface area (Å²) in [4.78, 5) is 17.2. The maximum absolute atomic E-state index is 12.3. The lowest BCUT2D eigenvalue weighted by Crippen LogP contribution is -2.19. The number of hydrogen-bond acceptors (Lipinski definition) is 3. The lowest BCUT2D eigenvalue weighted by atomic mass is 10.2. The Hall–Kier alpha value is -2.21. The van der Waals surface area contributed by atoms with Gasteiger partial charge in [0, 0.05) is 19.2 Å². The maximum Gasteiger partial charge on any atom is 0.272 e. The van der Waals surface area contributed by atoms with Gasteiger partial charge in [-0.3, -0.25) is 4.79 Å². The van der Waals surface area contributed by atoms with Gasteiger partial charge in [0.15, 0.2) is 4.80 Å². The third-order valence-corrected chi connectivity index (χ3v) is 5.09. The van der Waals surface area contributed by atoms with Crippen LogP contribution in [0.3, 0.4) is 0 Å². The van der Waals surface area contributed by atoms with Crippen molar-refractivity contribution in [2.24, 2.45) is 4.99 Å². The van der Waals surface area contributed by atoms with Gasteiger partial charge in [0.25, 0.3) is 5.91 Å². The zero-order valence-corrected chi connectivity index (χ0v) is 16.0. The van der Waals surface area contributed by atoms with E-state index in [2.05, 4.69) is 4.99 Å². The molecule has 0 atom stereocenters. The number of thiazole rings is 1. The second-order valence-electron chi connectivity index (χ2n) is 5.51. The molecule has 0 aliphatic heterocycles. The van der Waals surface area contributed by atoms with E-state index in [9.17, 15) is 4.79 Å². The number of ether oxygens (including phenoxy) is 1. The van der Waals surface area contributed by atoms with Crippen LogP contribution in [0, 0.1) is 0 Å². The standard InChI is InChI=1S/C20H19ClN2O2S/c1-2-25-14-13-23-19-16(21)9-6-10-17(19)26-20(23)22-18(24)12-11-15-7-4-3-5-8-15/h3-12H,2,13-14H2,1H3. The fourth-order valence-electron chi connectivity index (χ4n) is 2.54. The van der Waals surface area contributed by atoms with Crippen LogP contribution in [0.15, 0.2) is 59.6 Å². The number of hydrogen-bond donors (Lipinski definition) is 0. The molecule has 1 heterocycles. The quantitative estimate of drug-likeness (QED) is 0.461. The topological polar surface area (TPSA) is 43.6 Å². The van der Waals surface area contributed by atoms with E-state index in [-0.39, 0.29) is 5.91 Å². The number of benzene rings is 2. The van der Waals surface area contributed by atoms with Crippen LogP contribution in [0.5, 0.6) is 0 Å². The van der Waals surface area contributed by atoms with Crippen molar-refractivity contribution >= 4 is 45.1 Å². The van der Waals surface area contributed by atoms with Crippen LogP contribution in [0.2, 0.25) is 5.02 Å². The Morgan fingerprint density at radius 3 is 2.81 bits per heavy atom. The van der Waals surface area contributed by atoms with Crippen molar-refractivity contribution in [3.8, 4) is 0 Å². The molecule has 0 radical (unpaired) electrons. The summed E-state index contributed by atoms with van der Waals surface area (Å²) in [6, 6.07) is 15.4. The minimum atomic E-state index is -0.304. The molecule has 26 heavy (non-hydrogen) atoms. The smallest absolute Gasteiger partial charge is 0.272 e. The lowest BCUT2D eigenvalue weighted by molar-refractivity contribution is -0.113. The van der Waals surface area contributed by atoms with E-state index in [1.54, 1.807) is 6.08 Å². The molecule has 0 fully saturated rings. The van der Waals surface area contributed by atoms with Gasteiger partial charge in [-0.05, 0) is 30.7 Å². The average molecular weight is 387 g/mol. The third kappa shape index (κ3) is 4.49. The zero-order chi connectivity index (χ0) is 18.4. The molecule has 0 bridgehead atoms. The summed E-state index contributed by atoms with van der Waals surface area (Å²) in [6.45, 7) is 3.72. The fraction of sp³-hybridized carbons (Fsp3) is 0.200. The maximum atomic E-state index is 12.3. The Labute approximate surface area is 161 Å². The summed E-state index contributed by atoms with van der Waals surface area (Å²) in [5.74, 6) is -0.304. The SMILES string of the molecule is CCOCCn1c(=NC(=O)C=Cc2ccccc2)sc2cccc(Cl)c21. The molecule has 2 aromatic carbocycles. The minimum Gasteiger partial charge on any atom is -0.380 e. The first kappa shape index (κ1) is 18.6. The largest absolute Gasteiger partial charge is 0.380 e. The zero-order valence-electron chi connectivity index (χ0n) is 14.4. The monoisotopic (exact) mass is 386 g/mol. The van der Waals surface area contributed by atoms with E-state index in [1.807, 2.05) is 60.0 Å². The van der Waals surface area contributed by atoms with Crippen LogP contribution >= 0.6 is 22.9 Å². The molecule has 0 aliphatic carbocycles. The molecule has 3 rings (SSSR count).